The number of alkyl carbamates (subject to hydrolysis) is 1. The zero-order valence-corrected chi connectivity index (χ0v) is 35.0. The van der Waals surface area contributed by atoms with Crippen LogP contribution in [0.2, 0.25) is 0 Å². The zero-order valence-electron chi connectivity index (χ0n) is 35.0. The van der Waals surface area contributed by atoms with Crippen molar-refractivity contribution >= 4 is 41.6 Å². The molecule has 2 aliphatic heterocycles. The summed E-state index contributed by atoms with van der Waals surface area (Å²) in [6, 6.07) is -1.65. The van der Waals surface area contributed by atoms with Gasteiger partial charge in [0.1, 0.15) is 35.6 Å². The van der Waals surface area contributed by atoms with Gasteiger partial charge in [0, 0.05) is 59.2 Å². The van der Waals surface area contributed by atoms with Crippen molar-refractivity contribution in [3.63, 3.8) is 0 Å². The van der Waals surface area contributed by atoms with Crippen molar-refractivity contribution in [2.75, 3.05) is 52.9 Å². The maximum Gasteiger partial charge on any atom is 0.410 e. The minimum absolute atomic E-state index is 0.0749. The highest BCUT2D eigenvalue weighted by Gasteiger charge is 2.42. The van der Waals surface area contributed by atoms with Crippen LogP contribution in [0.15, 0.2) is 0 Å². The van der Waals surface area contributed by atoms with Gasteiger partial charge in [-0.3, -0.25) is 19.2 Å². The molecule has 0 aromatic carbocycles. The zero-order chi connectivity index (χ0) is 41.2. The number of rotatable bonds is 21. The summed E-state index contributed by atoms with van der Waals surface area (Å²) < 4.78 is 10.7. The second kappa shape index (κ2) is 23.2. The molecule has 2 atom stereocenters. The average molecular weight is 779 g/mol. The van der Waals surface area contributed by atoms with E-state index in [0.29, 0.717) is 65.0 Å². The maximum atomic E-state index is 13.6. The van der Waals surface area contributed by atoms with Crippen molar-refractivity contribution in [3.8, 4) is 0 Å². The quantitative estimate of drug-likeness (QED) is 0.155. The van der Waals surface area contributed by atoms with Crippen LogP contribution in [-0.4, -0.2) is 137 Å². The number of nitrogens with zero attached hydrogens (tertiary/aromatic N) is 4. The lowest BCUT2D eigenvalue weighted by Gasteiger charge is -2.41. The lowest BCUT2D eigenvalue weighted by Crippen LogP contribution is -2.63. The van der Waals surface area contributed by atoms with E-state index in [1.165, 1.54) is 16.7 Å². The molecule has 314 valence electrons. The van der Waals surface area contributed by atoms with Crippen LogP contribution in [-0.2, 0) is 33.4 Å². The van der Waals surface area contributed by atoms with E-state index in [1.54, 1.807) is 32.7 Å². The van der Waals surface area contributed by atoms with E-state index in [-0.39, 0.29) is 54.9 Å². The molecule has 6 amide bonds. The van der Waals surface area contributed by atoms with E-state index in [4.69, 9.17) is 9.47 Å². The number of amides is 6. The van der Waals surface area contributed by atoms with Gasteiger partial charge in [-0.15, -0.1) is 0 Å². The summed E-state index contributed by atoms with van der Waals surface area (Å²) in [6.07, 6.45) is 9.19. The van der Waals surface area contributed by atoms with Gasteiger partial charge in [-0.05, 0) is 87.0 Å². The van der Waals surface area contributed by atoms with E-state index < -0.39 is 29.4 Å². The Balaban J connectivity index is 1.72. The first-order chi connectivity index (χ1) is 25.8. The SMILES string of the molecule is CC(=O)CC[C@H]1C(=O)N([C@@H](CCCCNC(=O)OC(C)(C)C)C(=O)NCCCCCCCCCCC(=O)N2CCN(C(=O)OC(C)(C)C)CC2)CC(=O)N1C. The molecule has 0 aromatic rings. The first-order valence-corrected chi connectivity index (χ1v) is 20.3. The standard InChI is InChI=1S/C40H70N6O9/c1-30(47)21-22-32-36(51)46(29-34(49)43(32)8)31(19-16-18-24-42-37(52)54-39(2,3)4)35(50)41-23-17-14-12-10-9-11-13-15-20-33(48)44-25-27-45(28-26-44)38(53)55-40(5,6)7/h31-32H,9-29H2,1-8H3,(H,41,50)(H,42,52)/t31-,32-/m0/s1. The van der Waals surface area contributed by atoms with Crippen LogP contribution in [0.4, 0.5) is 9.59 Å². The minimum Gasteiger partial charge on any atom is -0.444 e. The number of hydrogen-bond acceptors (Lipinski definition) is 9. The molecule has 2 rings (SSSR count). The van der Waals surface area contributed by atoms with Crippen molar-refractivity contribution < 1.29 is 43.0 Å². The topological polar surface area (TPSA) is 175 Å². The Morgan fingerprint density at radius 1 is 0.709 bits per heavy atom. The molecule has 15 heteroatoms. The van der Waals surface area contributed by atoms with Crippen LogP contribution in [0.25, 0.3) is 0 Å². The second-order valence-corrected chi connectivity index (χ2v) is 16.9. The van der Waals surface area contributed by atoms with Crippen molar-refractivity contribution in [2.45, 2.75) is 162 Å². The van der Waals surface area contributed by atoms with Crippen LogP contribution >= 0.6 is 0 Å². The fraction of sp³-hybridized carbons (Fsp3) is 0.825. The van der Waals surface area contributed by atoms with Crippen molar-refractivity contribution in [2.24, 2.45) is 0 Å². The number of ether oxygens (including phenoxy) is 2. The molecular formula is C40H70N6O9. The van der Waals surface area contributed by atoms with Gasteiger partial charge in [-0.1, -0.05) is 38.5 Å². The molecular weight excluding hydrogens is 708 g/mol. The van der Waals surface area contributed by atoms with Gasteiger partial charge in [0.25, 0.3) is 0 Å². The van der Waals surface area contributed by atoms with Gasteiger partial charge in [-0.25, -0.2) is 9.59 Å². The summed E-state index contributed by atoms with van der Waals surface area (Å²) in [4.78, 5) is 94.9. The van der Waals surface area contributed by atoms with Crippen molar-refractivity contribution in [1.29, 1.82) is 0 Å². The van der Waals surface area contributed by atoms with Gasteiger partial charge in [0.2, 0.25) is 23.6 Å². The number of ketones is 1. The molecule has 0 unspecified atom stereocenters. The summed E-state index contributed by atoms with van der Waals surface area (Å²) in [5, 5.41) is 5.70. The van der Waals surface area contributed by atoms with Crippen molar-refractivity contribution in [1.82, 2.24) is 30.2 Å². The number of hydrogen-bond donors (Lipinski definition) is 2. The Morgan fingerprint density at radius 3 is 1.82 bits per heavy atom. The summed E-state index contributed by atoms with van der Waals surface area (Å²) in [5.74, 6) is -0.860. The molecule has 0 aromatic heterocycles. The maximum absolute atomic E-state index is 13.6. The van der Waals surface area contributed by atoms with E-state index >= 15 is 0 Å². The number of carbonyl (C=O) groups excluding carboxylic acids is 7. The van der Waals surface area contributed by atoms with Crippen LogP contribution in [0.1, 0.15) is 138 Å². The largest absolute Gasteiger partial charge is 0.444 e. The summed E-state index contributed by atoms with van der Waals surface area (Å²) in [5.41, 5.74) is -1.16. The first-order valence-electron chi connectivity index (χ1n) is 20.3. The molecule has 2 heterocycles. The number of Topliss-reactive ketones (excluding diaryl/α,β-unsaturated/α-hetero) is 1. The first kappa shape index (κ1) is 47.2. The van der Waals surface area contributed by atoms with E-state index in [1.807, 2.05) is 25.7 Å². The van der Waals surface area contributed by atoms with Gasteiger partial charge < -0.3 is 44.5 Å². The predicted molar refractivity (Wildman–Crippen MR) is 209 cm³/mol. The summed E-state index contributed by atoms with van der Waals surface area (Å²) >= 11 is 0. The van der Waals surface area contributed by atoms with Crippen LogP contribution in [0.3, 0.4) is 0 Å². The molecule has 2 N–H and O–H groups in total. The molecule has 55 heavy (non-hydrogen) atoms. The highest BCUT2D eigenvalue weighted by molar-refractivity contribution is 5.98. The smallest absolute Gasteiger partial charge is 0.410 e. The molecule has 2 saturated heterocycles. The number of carbonyl (C=O) groups is 7. The Labute approximate surface area is 328 Å². The molecule has 0 radical (unpaired) electrons. The third-order valence-corrected chi connectivity index (χ3v) is 9.66. The van der Waals surface area contributed by atoms with Crippen LogP contribution < -0.4 is 10.6 Å². The third-order valence-electron chi connectivity index (χ3n) is 9.66. The lowest BCUT2D eigenvalue weighted by atomic mass is 9.99. The lowest BCUT2D eigenvalue weighted by molar-refractivity contribution is -0.159. The fourth-order valence-electron chi connectivity index (χ4n) is 6.60. The van der Waals surface area contributed by atoms with E-state index in [9.17, 15) is 33.6 Å². The van der Waals surface area contributed by atoms with E-state index in [0.717, 1.165) is 51.4 Å². The summed E-state index contributed by atoms with van der Waals surface area (Å²) in [7, 11) is 1.56. The molecule has 0 aliphatic carbocycles. The van der Waals surface area contributed by atoms with Crippen LogP contribution in [0, 0.1) is 0 Å². The second-order valence-electron chi connectivity index (χ2n) is 16.9. The predicted octanol–water partition coefficient (Wildman–Crippen LogP) is 4.79. The van der Waals surface area contributed by atoms with Gasteiger partial charge >= 0.3 is 12.2 Å². The Hall–Kier alpha value is -3.91. The Kier molecular flexibility index (Phi) is 20.0. The number of likely N-dealkylation sites (N-methyl/N-ethyl adjacent to an activating group) is 1. The number of piperazine rings is 2. The van der Waals surface area contributed by atoms with Crippen molar-refractivity contribution in [3.05, 3.63) is 0 Å². The van der Waals surface area contributed by atoms with E-state index in [2.05, 4.69) is 10.6 Å². The van der Waals surface area contributed by atoms with Gasteiger partial charge in [-0.2, -0.15) is 0 Å². The number of unbranched alkanes of at least 4 members (excludes halogenated alkanes) is 8. The third kappa shape index (κ3) is 18.5. The summed E-state index contributed by atoms with van der Waals surface area (Å²) in [6.45, 7) is 14.9. The normalized spacial score (nSPS) is 17.2. The van der Waals surface area contributed by atoms with Gasteiger partial charge in [0.15, 0.2) is 0 Å². The molecule has 0 saturated carbocycles. The average Bonchev–Trinajstić information content (AvgIpc) is 3.08. The fourth-order valence-corrected chi connectivity index (χ4v) is 6.60. The highest BCUT2D eigenvalue weighted by Crippen LogP contribution is 2.21. The van der Waals surface area contributed by atoms with Crippen LogP contribution in [0.5, 0.6) is 0 Å². The molecule has 2 aliphatic rings. The minimum atomic E-state index is -0.847. The molecule has 15 nitrogen and oxygen atoms in total. The monoisotopic (exact) mass is 779 g/mol. The van der Waals surface area contributed by atoms with Gasteiger partial charge in [0.05, 0.1) is 0 Å². The Bertz CT molecular complexity index is 1290. The Morgan fingerprint density at radius 2 is 1.24 bits per heavy atom. The number of nitrogens with one attached hydrogen (secondary N) is 2. The molecule has 0 spiro atoms. The highest BCUT2D eigenvalue weighted by atomic mass is 16.6. The molecule has 0 bridgehead atoms. The molecule has 2 fully saturated rings.